The second kappa shape index (κ2) is 7.64. The number of hydrogen-bond donors (Lipinski definition) is 2. The Hall–Kier alpha value is -3.65. The summed E-state index contributed by atoms with van der Waals surface area (Å²) in [6.45, 7) is 3.82. The Kier molecular flexibility index (Phi) is 5.01. The SMILES string of the molecule is Cc1ccc(NS(=O)(=O)c2ccc(C(=O)Nc3ccc4nc(C)cn4c3)cc2)cc1. The molecule has 7 nitrogen and oxygen atoms in total. The van der Waals surface area contributed by atoms with Gasteiger partial charge in [0, 0.05) is 23.6 Å². The Morgan fingerprint density at radius 2 is 1.53 bits per heavy atom. The van der Waals surface area contributed by atoms with E-state index in [4.69, 9.17) is 0 Å². The van der Waals surface area contributed by atoms with E-state index < -0.39 is 10.0 Å². The minimum atomic E-state index is -3.74. The van der Waals surface area contributed by atoms with Crippen molar-refractivity contribution in [1.29, 1.82) is 0 Å². The van der Waals surface area contributed by atoms with Gasteiger partial charge in [-0.05, 0) is 62.4 Å². The Morgan fingerprint density at radius 1 is 0.867 bits per heavy atom. The molecule has 0 aliphatic heterocycles. The molecule has 0 saturated carbocycles. The zero-order valence-electron chi connectivity index (χ0n) is 16.5. The van der Waals surface area contributed by atoms with Gasteiger partial charge in [0.05, 0.1) is 16.3 Å². The standard InChI is InChI=1S/C22H20N4O3S/c1-15-3-7-18(8-4-15)25-30(28,29)20-10-5-17(6-11-20)22(27)24-19-9-12-21-23-16(2)13-26(21)14-19/h3-14,25H,1-2H3,(H,24,27). The molecule has 0 radical (unpaired) electrons. The molecule has 2 aromatic carbocycles. The minimum absolute atomic E-state index is 0.0786. The first kappa shape index (κ1) is 19.7. The van der Waals surface area contributed by atoms with Crippen LogP contribution in [0.15, 0.2) is 78.0 Å². The van der Waals surface area contributed by atoms with Gasteiger partial charge in [-0.25, -0.2) is 13.4 Å². The molecule has 8 heteroatoms. The average Bonchev–Trinajstić information content (AvgIpc) is 3.09. The van der Waals surface area contributed by atoms with Crippen LogP contribution < -0.4 is 10.0 Å². The summed E-state index contributed by atoms with van der Waals surface area (Å²) in [6.07, 6.45) is 3.64. The first-order chi connectivity index (χ1) is 14.3. The van der Waals surface area contributed by atoms with E-state index in [1.807, 2.05) is 42.6 Å². The predicted molar refractivity (Wildman–Crippen MR) is 116 cm³/mol. The molecule has 0 saturated heterocycles. The first-order valence-corrected chi connectivity index (χ1v) is 10.7. The average molecular weight is 420 g/mol. The number of carbonyl (C=O) groups excluding carboxylic acids is 1. The summed E-state index contributed by atoms with van der Waals surface area (Å²) in [5.74, 6) is -0.332. The molecule has 0 fully saturated rings. The summed E-state index contributed by atoms with van der Waals surface area (Å²) in [5, 5.41) is 2.81. The summed E-state index contributed by atoms with van der Waals surface area (Å²) in [6, 6.07) is 16.4. The monoisotopic (exact) mass is 420 g/mol. The lowest BCUT2D eigenvalue weighted by molar-refractivity contribution is 0.102. The maximum Gasteiger partial charge on any atom is 0.261 e. The molecule has 0 atom stereocenters. The molecule has 4 rings (SSSR count). The van der Waals surface area contributed by atoms with Gasteiger partial charge in [-0.15, -0.1) is 0 Å². The van der Waals surface area contributed by atoms with Gasteiger partial charge in [0.2, 0.25) is 0 Å². The van der Waals surface area contributed by atoms with Crippen molar-refractivity contribution in [3.8, 4) is 0 Å². The lowest BCUT2D eigenvalue weighted by atomic mass is 10.2. The molecule has 0 spiro atoms. The van der Waals surface area contributed by atoms with Crippen LogP contribution in [0, 0.1) is 13.8 Å². The number of aromatic nitrogens is 2. The van der Waals surface area contributed by atoms with Crippen molar-refractivity contribution < 1.29 is 13.2 Å². The molecule has 4 aromatic rings. The fraction of sp³-hybridized carbons (Fsp3) is 0.0909. The molecule has 2 aromatic heterocycles. The molecular weight excluding hydrogens is 400 g/mol. The van der Waals surface area contributed by atoms with Crippen LogP contribution in [0.1, 0.15) is 21.6 Å². The third-order valence-electron chi connectivity index (χ3n) is 4.56. The van der Waals surface area contributed by atoms with Crippen LogP contribution in [0.2, 0.25) is 0 Å². The zero-order chi connectivity index (χ0) is 21.3. The van der Waals surface area contributed by atoms with Gasteiger partial charge in [-0.1, -0.05) is 17.7 Å². The van der Waals surface area contributed by atoms with E-state index in [-0.39, 0.29) is 10.8 Å². The van der Waals surface area contributed by atoms with Crippen LogP contribution in [0.4, 0.5) is 11.4 Å². The van der Waals surface area contributed by atoms with Crippen molar-refractivity contribution in [3.05, 3.63) is 89.9 Å². The predicted octanol–water partition coefficient (Wildman–Crippen LogP) is 4.00. The maximum absolute atomic E-state index is 12.6. The number of hydrogen-bond acceptors (Lipinski definition) is 4. The Bertz CT molecular complexity index is 1330. The quantitative estimate of drug-likeness (QED) is 0.510. The van der Waals surface area contributed by atoms with Crippen LogP contribution in [0.3, 0.4) is 0 Å². The number of benzene rings is 2. The molecule has 152 valence electrons. The number of pyridine rings is 1. The molecule has 0 unspecified atom stereocenters. The van der Waals surface area contributed by atoms with E-state index in [0.29, 0.717) is 16.9 Å². The van der Waals surface area contributed by atoms with Crippen molar-refractivity contribution in [1.82, 2.24) is 9.38 Å². The van der Waals surface area contributed by atoms with E-state index in [1.54, 1.807) is 24.4 Å². The number of rotatable bonds is 5. The van der Waals surface area contributed by atoms with Gasteiger partial charge in [0.25, 0.3) is 15.9 Å². The van der Waals surface area contributed by atoms with Crippen LogP contribution in [-0.2, 0) is 10.0 Å². The summed E-state index contributed by atoms with van der Waals surface area (Å²) in [4.78, 5) is 17.0. The van der Waals surface area contributed by atoms with Crippen LogP contribution >= 0.6 is 0 Å². The molecule has 0 aliphatic carbocycles. The van der Waals surface area contributed by atoms with Crippen LogP contribution in [0.5, 0.6) is 0 Å². The molecule has 0 bridgehead atoms. The Labute approximate surface area is 174 Å². The number of carbonyl (C=O) groups is 1. The molecular formula is C22H20N4O3S. The van der Waals surface area contributed by atoms with Crippen LogP contribution in [0.25, 0.3) is 5.65 Å². The van der Waals surface area contributed by atoms with E-state index in [0.717, 1.165) is 16.9 Å². The smallest absolute Gasteiger partial charge is 0.261 e. The van der Waals surface area contributed by atoms with Crippen molar-refractivity contribution in [2.75, 3.05) is 10.0 Å². The summed E-state index contributed by atoms with van der Waals surface area (Å²) in [7, 11) is -3.74. The lowest BCUT2D eigenvalue weighted by Crippen LogP contribution is -2.15. The maximum atomic E-state index is 12.6. The van der Waals surface area contributed by atoms with Gasteiger partial charge >= 0.3 is 0 Å². The number of fused-ring (bicyclic) bond motifs is 1. The van der Waals surface area contributed by atoms with Crippen molar-refractivity contribution in [2.45, 2.75) is 18.7 Å². The summed E-state index contributed by atoms with van der Waals surface area (Å²) in [5.41, 5.74) is 4.16. The highest BCUT2D eigenvalue weighted by Gasteiger charge is 2.15. The van der Waals surface area contributed by atoms with E-state index in [1.165, 1.54) is 24.3 Å². The molecule has 1 amide bonds. The van der Waals surface area contributed by atoms with E-state index in [9.17, 15) is 13.2 Å². The largest absolute Gasteiger partial charge is 0.321 e. The molecule has 30 heavy (non-hydrogen) atoms. The van der Waals surface area contributed by atoms with Crippen molar-refractivity contribution in [3.63, 3.8) is 0 Å². The fourth-order valence-corrected chi connectivity index (χ4v) is 4.08. The third kappa shape index (κ3) is 4.18. The highest BCUT2D eigenvalue weighted by atomic mass is 32.2. The second-order valence-electron chi connectivity index (χ2n) is 7.02. The van der Waals surface area contributed by atoms with E-state index in [2.05, 4.69) is 15.0 Å². The lowest BCUT2D eigenvalue weighted by Gasteiger charge is -2.10. The number of amides is 1. The number of aryl methyl sites for hydroxylation is 2. The zero-order valence-corrected chi connectivity index (χ0v) is 17.3. The fourth-order valence-electron chi connectivity index (χ4n) is 3.02. The van der Waals surface area contributed by atoms with Gasteiger partial charge in [0.15, 0.2) is 0 Å². The van der Waals surface area contributed by atoms with Gasteiger partial charge in [-0.2, -0.15) is 0 Å². The molecule has 2 heterocycles. The number of sulfonamides is 1. The Balaban J connectivity index is 1.48. The summed E-state index contributed by atoms with van der Waals surface area (Å²) < 4.78 is 29.5. The number of anilines is 2. The van der Waals surface area contributed by atoms with Crippen LogP contribution in [-0.4, -0.2) is 23.7 Å². The van der Waals surface area contributed by atoms with Crippen molar-refractivity contribution in [2.24, 2.45) is 0 Å². The third-order valence-corrected chi connectivity index (χ3v) is 5.96. The highest BCUT2D eigenvalue weighted by Crippen LogP contribution is 2.18. The second-order valence-corrected chi connectivity index (χ2v) is 8.70. The number of imidazole rings is 1. The van der Waals surface area contributed by atoms with Crippen molar-refractivity contribution >= 4 is 33.0 Å². The first-order valence-electron chi connectivity index (χ1n) is 9.26. The highest BCUT2D eigenvalue weighted by molar-refractivity contribution is 7.92. The van der Waals surface area contributed by atoms with Gasteiger partial charge in [-0.3, -0.25) is 9.52 Å². The Morgan fingerprint density at radius 3 is 2.23 bits per heavy atom. The van der Waals surface area contributed by atoms with Gasteiger partial charge < -0.3 is 9.72 Å². The topological polar surface area (TPSA) is 92.6 Å². The normalized spacial score (nSPS) is 11.4. The minimum Gasteiger partial charge on any atom is -0.321 e. The summed E-state index contributed by atoms with van der Waals surface area (Å²) >= 11 is 0. The molecule has 2 N–H and O–H groups in total. The number of nitrogens with zero attached hydrogens (tertiary/aromatic N) is 2. The van der Waals surface area contributed by atoms with E-state index >= 15 is 0 Å². The number of nitrogens with one attached hydrogen (secondary N) is 2. The molecule has 0 aliphatic rings. The van der Waals surface area contributed by atoms with Gasteiger partial charge in [0.1, 0.15) is 5.65 Å².